The van der Waals surface area contributed by atoms with E-state index < -0.39 is 0 Å². The van der Waals surface area contributed by atoms with Crippen LogP contribution in [0.5, 0.6) is 0 Å². The Kier molecular flexibility index (Phi) is 6.76. The molecule has 0 saturated carbocycles. The van der Waals surface area contributed by atoms with Gasteiger partial charge in [0.2, 0.25) is 11.8 Å². The highest BCUT2D eigenvalue weighted by Crippen LogP contribution is 2.09. The summed E-state index contributed by atoms with van der Waals surface area (Å²) < 4.78 is 5.31. The molecule has 1 N–H and O–H groups in total. The number of morpholine rings is 1. The average molecular weight is 371 g/mol. The molecule has 0 spiro atoms. The predicted molar refractivity (Wildman–Crippen MR) is 100 cm³/mol. The Hall–Kier alpha value is -2.47. The van der Waals surface area contributed by atoms with E-state index in [4.69, 9.17) is 10.00 Å². The zero-order chi connectivity index (χ0) is 19.1. The zero-order valence-corrected chi connectivity index (χ0v) is 15.4. The molecule has 27 heavy (non-hydrogen) atoms. The average Bonchev–Trinajstić information content (AvgIpc) is 2.70. The van der Waals surface area contributed by atoms with E-state index in [9.17, 15) is 9.59 Å². The molecule has 3 rings (SSSR count). The van der Waals surface area contributed by atoms with E-state index in [0.29, 0.717) is 63.7 Å². The van der Waals surface area contributed by atoms with Crippen molar-refractivity contribution in [2.45, 2.75) is 0 Å². The van der Waals surface area contributed by atoms with E-state index in [1.165, 1.54) is 0 Å². The number of anilines is 1. The predicted octanol–water partition coefficient (Wildman–Crippen LogP) is -0.0268. The fourth-order valence-electron chi connectivity index (χ4n) is 3.24. The molecule has 1 aromatic carbocycles. The number of amides is 2. The molecule has 0 atom stereocenters. The van der Waals surface area contributed by atoms with Gasteiger partial charge < -0.3 is 15.0 Å². The van der Waals surface area contributed by atoms with Crippen molar-refractivity contribution in [3.8, 4) is 6.07 Å². The Morgan fingerprint density at radius 2 is 1.59 bits per heavy atom. The molecule has 144 valence electrons. The highest BCUT2D eigenvalue weighted by Gasteiger charge is 2.24. The van der Waals surface area contributed by atoms with Gasteiger partial charge in [-0.2, -0.15) is 5.26 Å². The molecule has 8 nitrogen and oxygen atoms in total. The largest absolute Gasteiger partial charge is 0.379 e. The van der Waals surface area contributed by atoms with E-state index >= 15 is 0 Å². The number of hydrogen-bond acceptors (Lipinski definition) is 6. The molecular formula is C19H25N5O3. The maximum atomic E-state index is 12.4. The molecule has 8 heteroatoms. The molecule has 2 heterocycles. The van der Waals surface area contributed by atoms with Gasteiger partial charge in [-0.15, -0.1) is 0 Å². The number of nitriles is 1. The topological polar surface area (TPSA) is 88.9 Å². The van der Waals surface area contributed by atoms with E-state index in [2.05, 4.69) is 15.1 Å². The van der Waals surface area contributed by atoms with Gasteiger partial charge in [0.1, 0.15) is 0 Å². The first-order chi connectivity index (χ1) is 13.1. The summed E-state index contributed by atoms with van der Waals surface area (Å²) in [5.41, 5.74) is 1.24. The SMILES string of the molecule is N#Cc1ccc(NC(=O)CN2CCN(C(=O)CN3CCOCC3)CC2)cc1. The smallest absolute Gasteiger partial charge is 0.238 e. The minimum atomic E-state index is -0.0900. The summed E-state index contributed by atoms with van der Waals surface area (Å²) in [6, 6.07) is 8.84. The molecule has 2 amide bonds. The van der Waals surface area contributed by atoms with Crippen molar-refractivity contribution < 1.29 is 14.3 Å². The van der Waals surface area contributed by atoms with Gasteiger partial charge in [-0.1, -0.05) is 0 Å². The summed E-state index contributed by atoms with van der Waals surface area (Å²) in [5.74, 6) is 0.0615. The van der Waals surface area contributed by atoms with Crippen LogP contribution < -0.4 is 5.32 Å². The third-order valence-corrected chi connectivity index (χ3v) is 4.85. The molecule has 0 bridgehead atoms. The quantitative estimate of drug-likeness (QED) is 0.782. The number of carbonyl (C=O) groups is 2. The number of ether oxygens (including phenoxy) is 1. The van der Waals surface area contributed by atoms with E-state index in [1.807, 2.05) is 11.0 Å². The van der Waals surface area contributed by atoms with Gasteiger partial charge in [0, 0.05) is 45.0 Å². The highest BCUT2D eigenvalue weighted by atomic mass is 16.5. The maximum absolute atomic E-state index is 12.4. The summed E-state index contributed by atoms with van der Waals surface area (Å²) in [7, 11) is 0. The molecule has 1 aromatic rings. The Balaban J connectivity index is 1.38. The fraction of sp³-hybridized carbons (Fsp3) is 0.526. The lowest BCUT2D eigenvalue weighted by atomic mass is 10.2. The minimum absolute atomic E-state index is 0.0900. The van der Waals surface area contributed by atoms with Crippen molar-refractivity contribution in [2.24, 2.45) is 0 Å². The van der Waals surface area contributed by atoms with Gasteiger partial charge in [0.15, 0.2) is 0 Å². The van der Waals surface area contributed by atoms with Crippen LogP contribution in [-0.2, 0) is 14.3 Å². The standard InChI is InChI=1S/C19H25N5O3/c20-13-16-1-3-17(4-2-16)21-18(25)14-22-5-7-24(8-6-22)19(26)15-23-9-11-27-12-10-23/h1-4H,5-12,14-15H2,(H,21,25). The maximum Gasteiger partial charge on any atom is 0.238 e. The van der Waals surface area contributed by atoms with E-state index in [0.717, 1.165) is 13.1 Å². The third kappa shape index (κ3) is 5.76. The normalized spacial score (nSPS) is 18.7. The van der Waals surface area contributed by atoms with Crippen LogP contribution in [-0.4, -0.2) is 92.1 Å². The second kappa shape index (κ2) is 9.46. The van der Waals surface area contributed by atoms with Gasteiger partial charge in [-0.3, -0.25) is 19.4 Å². The summed E-state index contributed by atoms with van der Waals surface area (Å²) in [6.07, 6.45) is 0. The molecule has 2 saturated heterocycles. The number of nitrogens with zero attached hydrogens (tertiary/aromatic N) is 4. The second-order valence-electron chi connectivity index (χ2n) is 6.78. The van der Waals surface area contributed by atoms with Crippen molar-refractivity contribution in [2.75, 3.05) is 70.9 Å². The van der Waals surface area contributed by atoms with Gasteiger partial charge in [0.25, 0.3) is 0 Å². The molecule has 0 radical (unpaired) electrons. The molecule has 2 aliphatic heterocycles. The molecule has 0 unspecified atom stereocenters. The van der Waals surface area contributed by atoms with Gasteiger partial charge in [0.05, 0.1) is 37.9 Å². The van der Waals surface area contributed by atoms with Crippen LogP contribution in [0.4, 0.5) is 5.69 Å². The van der Waals surface area contributed by atoms with Crippen LogP contribution in [0.25, 0.3) is 0 Å². The van der Waals surface area contributed by atoms with Crippen molar-refractivity contribution in [1.82, 2.24) is 14.7 Å². The highest BCUT2D eigenvalue weighted by molar-refractivity contribution is 5.92. The van der Waals surface area contributed by atoms with Crippen LogP contribution in [0.15, 0.2) is 24.3 Å². The third-order valence-electron chi connectivity index (χ3n) is 4.85. The van der Waals surface area contributed by atoms with Crippen molar-refractivity contribution >= 4 is 17.5 Å². The van der Waals surface area contributed by atoms with Crippen LogP contribution in [0.1, 0.15) is 5.56 Å². The number of benzene rings is 1. The lowest BCUT2D eigenvalue weighted by Crippen LogP contribution is -2.53. The Morgan fingerprint density at radius 3 is 2.22 bits per heavy atom. The number of rotatable bonds is 5. The molecule has 2 fully saturated rings. The number of nitrogens with one attached hydrogen (secondary N) is 1. The Morgan fingerprint density at radius 1 is 0.963 bits per heavy atom. The monoisotopic (exact) mass is 371 g/mol. The zero-order valence-electron chi connectivity index (χ0n) is 15.4. The Bertz CT molecular complexity index is 686. The summed E-state index contributed by atoms with van der Waals surface area (Å²) in [6.45, 7) is 6.41. The number of piperazine rings is 1. The lowest BCUT2D eigenvalue weighted by molar-refractivity contribution is -0.135. The first kappa shape index (κ1) is 19.3. The molecule has 0 aliphatic carbocycles. The fourth-order valence-corrected chi connectivity index (χ4v) is 3.24. The minimum Gasteiger partial charge on any atom is -0.379 e. The van der Waals surface area contributed by atoms with Crippen LogP contribution in [0, 0.1) is 11.3 Å². The van der Waals surface area contributed by atoms with Gasteiger partial charge >= 0.3 is 0 Å². The summed E-state index contributed by atoms with van der Waals surface area (Å²) >= 11 is 0. The van der Waals surface area contributed by atoms with Crippen LogP contribution >= 0.6 is 0 Å². The van der Waals surface area contributed by atoms with Crippen LogP contribution in [0.2, 0.25) is 0 Å². The van der Waals surface area contributed by atoms with Crippen molar-refractivity contribution in [3.05, 3.63) is 29.8 Å². The first-order valence-electron chi connectivity index (χ1n) is 9.24. The van der Waals surface area contributed by atoms with Gasteiger partial charge in [-0.25, -0.2) is 0 Å². The van der Waals surface area contributed by atoms with Crippen molar-refractivity contribution in [3.63, 3.8) is 0 Å². The number of hydrogen-bond donors (Lipinski definition) is 1. The summed E-state index contributed by atoms with van der Waals surface area (Å²) in [5, 5.41) is 11.6. The number of carbonyl (C=O) groups excluding carboxylic acids is 2. The molecule has 2 aliphatic rings. The molecule has 0 aromatic heterocycles. The van der Waals surface area contributed by atoms with Gasteiger partial charge in [-0.05, 0) is 24.3 Å². The van der Waals surface area contributed by atoms with Crippen LogP contribution in [0.3, 0.4) is 0 Å². The lowest BCUT2D eigenvalue weighted by Gasteiger charge is -2.36. The molecular weight excluding hydrogens is 346 g/mol. The first-order valence-corrected chi connectivity index (χ1v) is 9.24. The van der Waals surface area contributed by atoms with E-state index in [1.54, 1.807) is 24.3 Å². The second-order valence-corrected chi connectivity index (χ2v) is 6.78. The Labute approximate surface area is 159 Å². The van der Waals surface area contributed by atoms with E-state index in [-0.39, 0.29) is 11.8 Å². The summed E-state index contributed by atoms with van der Waals surface area (Å²) in [4.78, 5) is 30.7. The van der Waals surface area contributed by atoms with Crippen molar-refractivity contribution in [1.29, 1.82) is 5.26 Å².